The molecule has 0 aliphatic heterocycles. The van der Waals surface area contributed by atoms with Gasteiger partial charge in [0.1, 0.15) is 5.82 Å². The summed E-state index contributed by atoms with van der Waals surface area (Å²) in [6.45, 7) is 0.323. The maximum absolute atomic E-state index is 13.5. The van der Waals surface area contributed by atoms with Crippen LogP contribution in [0.15, 0.2) is 85.2 Å². The lowest BCUT2D eigenvalue weighted by atomic mass is 9.85. The zero-order chi connectivity index (χ0) is 26.2. The second-order valence-corrected chi connectivity index (χ2v) is 9.02. The number of hydrogen-bond donors (Lipinski definition) is 3. The highest BCUT2D eigenvalue weighted by molar-refractivity contribution is 6.25. The van der Waals surface area contributed by atoms with E-state index in [1.54, 1.807) is 42.7 Å². The number of aromatic amines is 1. The Balaban J connectivity index is 1.09. The van der Waals surface area contributed by atoms with Crippen LogP contribution in [0.4, 0.5) is 10.1 Å². The average Bonchev–Trinajstić information content (AvgIpc) is 3.32. The van der Waals surface area contributed by atoms with Gasteiger partial charge in [0.15, 0.2) is 5.78 Å². The van der Waals surface area contributed by atoms with E-state index in [2.05, 4.69) is 20.6 Å². The normalized spacial score (nSPS) is 12.2. The fourth-order valence-corrected chi connectivity index (χ4v) is 4.86. The molecular formula is C30H21FN4O3. The Morgan fingerprint density at radius 3 is 2.71 bits per heavy atom. The summed E-state index contributed by atoms with van der Waals surface area (Å²) < 4.78 is 13.5. The van der Waals surface area contributed by atoms with Gasteiger partial charge in [0.05, 0.1) is 5.69 Å². The van der Waals surface area contributed by atoms with Crippen LogP contribution in [0, 0.1) is 5.82 Å². The first-order valence-electron chi connectivity index (χ1n) is 12.1. The number of halogens is 1. The molecule has 2 amide bonds. The van der Waals surface area contributed by atoms with Gasteiger partial charge >= 0.3 is 0 Å². The molecule has 0 bridgehead atoms. The highest BCUT2D eigenvalue weighted by atomic mass is 19.1. The van der Waals surface area contributed by atoms with Crippen molar-refractivity contribution in [2.75, 3.05) is 11.9 Å². The molecular weight excluding hydrogens is 483 g/mol. The van der Waals surface area contributed by atoms with Crippen molar-refractivity contribution in [2.24, 2.45) is 0 Å². The zero-order valence-corrected chi connectivity index (χ0v) is 20.0. The van der Waals surface area contributed by atoms with E-state index in [1.807, 2.05) is 18.2 Å². The molecule has 0 spiro atoms. The molecule has 2 heterocycles. The van der Waals surface area contributed by atoms with Gasteiger partial charge in [-0.3, -0.25) is 19.4 Å². The molecule has 3 N–H and O–H groups in total. The quantitative estimate of drug-likeness (QED) is 0.280. The predicted molar refractivity (Wildman–Crippen MR) is 143 cm³/mol. The minimum absolute atomic E-state index is 0.130. The van der Waals surface area contributed by atoms with Gasteiger partial charge in [0.25, 0.3) is 0 Å². The first kappa shape index (κ1) is 23.3. The van der Waals surface area contributed by atoms with Crippen molar-refractivity contribution in [1.82, 2.24) is 15.3 Å². The van der Waals surface area contributed by atoms with E-state index in [4.69, 9.17) is 0 Å². The molecule has 1 aliphatic carbocycles. The van der Waals surface area contributed by atoms with Crippen LogP contribution in [0.25, 0.3) is 32.9 Å². The highest BCUT2D eigenvalue weighted by Gasteiger charge is 2.26. The topological polar surface area (TPSA) is 104 Å². The number of pyridine rings is 1. The van der Waals surface area contributed by atoms with Crippen molar-refractivity contribution in [3.63, 3.8) is 0 Å². The first-order valence-corrected chi connectivity index (χ1v) is 12.1. The fraction of sp³-hybridized carbons (Fsp3) is 0.0667. The molecule has 7 nitrogen and oxygen atoms in total. The van der Waals surface area contributed by atoms with E-state index in [9.17, 15) is 18.8 Å². The molecule has 0 unspecified atom stereocenters. The van der Waals surface area contributed by atoms with E-state index in [0.29, 0.717) is 35.3 Å². The van der Waals surface area contributed by atoms with Crippen LogP contribution in [0.5, 0.6) is 0 Å². The number of amides is 2. The highest BCUT2D eigenvalue weighted by Crippen LogP contribution is 2.38. The Morgan fingerprint density at radius 1 is 0.947 bits per heavy atom. The van der Waals surface area contributed by atoms with Crippen LogP contribution < -0.4 is 10.6 Å². The lowest BCUT2D eigenvalue weighted by Gasteiger charge is -2.19. The van der Waals surface area contributed by atoms with Gasteiger partial charge in [0, 0.05) is 69.8 Å². The van der Waals surface area contributed by atoms with Crippen molar-refractivity contribution in [2.45, 2.75) is 6.42 Å². The van der Waals surface area contributed by atoms with Gasteiger partial charge < -0.3 is 15.6 Å². The molecule has 0 saturated carbocycles. The molecule has 186 valence electrons. The molecule has 0 saturated heterocycles. The van der Waals surface area contributed by atoms with E-state index in [-0.39, 0.29) is 11.6 Å². The van der Waals surface area contributed by atoms with Crippen molar-refractivity contribution < 1.29 is 18.8 Å². The minimum Gasteiger partial charge on any atom is -0.361 e. The Hall–Kier alpha value is -5.11. The van der Waals surface area contributed by atoms with Crippen LogP contribution in [0.3, 0.4) is 0 Å². The number of hydrogen-bond acceptors (Lipinski definition) is 4. The Bertz CT molecular complexity index is 1800. The summed E-state index contributed by atoms with van der Waals surface area (Å²) in [5.41, 5.74) is 4.63. The summed E-state index contributed by atoms with van der Waals surface area (Å²) in [6.07, 6.45) is 6.29. The van der Waals surface area contributed by atoms with E-state index in [1.165, 1.54) is 12.1 Å². The summed E-state index contributed by atoms with van der Waals surface area (Å²) in [7, 11) is 0. The number of carbonyl (C=O) groups excluding carboxylic acids is 3. The zero-order valence-electron chi connectivity index (χ0n) is 20.0. The van der Waals surface area contributed by atoms with E-state index >= 15 is 0 Å². The number of carbonyl (C=O) groups is 3. The molecule has 5 aromatic rings. The van der Waals surface area contributed by atoms with Crippen molar-refractivity contribution >= 4 is 45.0 Å². The summed E-state index contributed by atoms with van der Waals surface area (Å²) in [5.74, 6) is -1.38. The third-order valence-corrected chi connectivity index (χ3v) is 6.63. The van der Waals surface area contributed by atoms with Gasteiger partial charge in [-0.1, -0.05) is 18.2 Å². The molecule has 8 heteroatoms. The lowest BCUT2D eigenvalue weighted by Crippen LogP contribution is -2.24. The number of ketones is 1. The number of nitrogens with zero attached hydrogens (tertiary/aromatic N) is 1. The third kappa shape index (κ3) is 4.22. The minimum atomic E-state index is -0.504. The standard InChI is InChI=1S/C30H21FN4O3/c31-19-4-7-25-23(14-19)18(16-34-25)11-12-32-26(36)8-9-27(37)35-20-5-6-21-24(15-20)30(38)22-3-1-2-17-10-13-33-29(21)28(17)22/h1-10,13-16,34H,11-12H2,(H,32,36)(H,35,37)/b9-8-. The number of aromatic nitrogens is 2. The van der Waals surface area contributed by atoms with Crippen LogP contribution in [0.1, 0.15) is 21.5 Å². The molecule has 3 aromatic carbocycles. The largest absolute Gasteiger partial charge is 0.361 e. The van der Waals surface area contributed by atoms with Gasteiger partial charge in [-0.25, -0.2) is 4.39 Å². The van der Waals surface area contributed by atoms with Crippen molar-refractivity contribution in [3.05, 3.63) is 108 Å². The second kappa shape index (κ2) is 9.40. The van der Waals surface area contributed by atoms with Crippen molar-refractivity contribution in [1.29, 1.82) is 0 Å². The Morgan fingerprint density at radius 2 is 1.82 bits per heavy atom. The number of rotatable bonds is 6. The number of fused-ring (bicyclic) bond motifs is 3. The molecule has 38 heavy (non-hydrogen) atoms. The average molecular weight is 505 g/mol. The lowest BCUT2D eigenvalue weighted by molar-refractivity contribution is -0.117. The predicted octanol–water partition coefficient (Wildman–Crippen LogP) is 4.92. The smallest absolute Gasteiger partial charge is 0.248 e. The Labute approximate surface area is 216 Å². The number of nitrogens with one attached hydrogen (secondary N) is 3. The van der Waals surface area contributed by atoms with Crippen LogP contribution in [0.2, 0.25) is 0 Å². The van der Waals surface area contributed by atoms with Crippen LogP contribution in [-0.4, -0.2) is 34.1 Å². The molecule has 0 atom stereocenters. The maximum atomic E-state index is 13.5. The number of anilines is 1. The van der Waals surface area contributed by atoms with Gasteiger partial charge in [-0.2, -0.15) is 0 Å². The first-order chi connectivity index (χ1) is 18.5. The van der Waals surface area contributed by atoms with E-state index < -0.39 is 11.8 Å². The molecule has 0 fully saturated rings. The van der Waals surface area contributed by atoms with Gasteiger partial charge in [0.2, 0.25) is 11.8 Å². The summed E-state index contributed by atoms with van der Waals surface area (Å²) >= 11 is 0. The van der Waals surface area contributed by atoms with Gasteiger partial charge in [-0.15, -0.1) is 0 Å². The maximum Gasteiger partial charge on any atom is 0.248 e. The van der Waals surface area contributed by atoms with Crippen LogP contribution >= 0.6 is 0 Å². The monoisotopic (exact) mass is 504 g/mol. The summed E-state index contributed by atoms with van der Waals surface area (Å²) in [6, 6.07) is 17.1. The van der Waals surface area contributed by atoms with Crippen molar-refractivity contribution in [3.8, 4) is 11.3 Å². The van der Waals surface area contributed by atoms with Gasteiger partial charge in [-0.05, 0) is 59.8 Å². The third-order valence-electron chi connectivity index (χ3n) is 6.63. The summed E-state index contributed by atoms with van der Waals surface area (Å²) in [4.78, 5) is 45.4. The number of H-pyrrole nitrogens is 1. The van der Waals surface area contributed by atoms with E-state index in [0.717, 1.165) is 45.1 Å². The fourth-order valence-electron chi connectivity index (χ4n) is 4.86. The molecule has 6 rings (SSSR count). The molecule has 1 aliphatic rings. The molecule has 0 radical (unpaired) electrons. The van der Waals surface area contributed by atoms with Crippen LogP contribution in [-0.2, 0) is 16.0 Å². The Kier molecular flexibility index (Phi) is 5.76. The SMILES string of the molecule is O=C(/C=C\C(=O)Nc1ccc2c(c1)C(=O)c1cccc3ccnc-2c13)NCCc1c[nH]c2ccc(F)cc12. The second-order valence-electron chi connectivity index (χ2n) is 9.02. The summed E-state index contributed by atoms with van der Waals surface area (Å²) in [5, 5.41) is 7.97. The molecule has 2 aromatic heterocycles. The number of benzene rings is 3.